The summed E-state index contributed by atoms with van der Waals surface area (Å²) in [6.07, 6.45) is 0. The highest BCUT2D eigenvalue weighted by Gasteiger charge is 2.28. The number of carbonyl (C=O) groups is 1. The van der Waals surface area contributed by atoms with Crippen molar-refractivity contribution in [2.45, 2.75) is 25.9 Å². The molecular weight excluding hydrogens is 327 g/mol. The van der Waals surface area contributed by atoms with E-state index in [2.05, 4.69) is 41.8 Å². The van der Waals surface area contributed by atoms with E-state index in [1.165, 1.54) is 0 Å². The minimum atomic E-state index is 0.141. The summed E-state index contributed by atoms with van der Waals surface area (Å²) in [4.78, 5) is 14.3. The number of hydrogen-bond donors (Lipinski definition) is 1. The molecule has 0 radical (unpaired) electrons. The highest BCUT2D eigenvalue weighted by atomic mass is 127. The molecule has 1 aromatic carbocycles. The minimum Gasteiger partial charge on any atom is -0.333 e. The third-order valence-corrected chi connectivity index (χ3v) is 4.11. The smallest absolute Gasteiger partial charge is 0.254 e. The van der Waals surface area contributed by atoms with Gasteiger partial charge in [0.25, 0.3) is 5.91 Å². The molecule has 0 spiro atoms. The van der Waals surface area contributed by atoms with Crippen LogP contribution in [0.1, 0.15) is 24.2 Å². The lowest BCUT2D eigenvalue weighted by molar-refractivity contribution is 0.0603. The molecule has 2 unspecified atom stereocenters. The first kappa shape index (κ1) is 12.8. The van der Waals surface area contributed by atoms with Gasteiger partial charge in [-0.1, -0.05) is 0 Å². The van der Waals surface area contributed by atoms with Gasteiger partial charge in [-0.3, -0.25) is 4.79 Å². The van der Waals surface area contributed by atoms with Crippen LogP contribution in [0.5, 0.6) is 0 Å². The van der Waals surface area contributed by atoms with Crippen molar-refractivity contribution in [3.8, 4) is 0 Å². The molecule has 4 heteroatoms. The van der Waals surface area contributed by atoms with Crippen LogP contribution in [-0.2, 0) is 0 Å². The van der Waals surface area contributed by atoms with Crippen LogP contribution >= 0.6 is 22.6 Å². The Hall–Kier alpha value is -0.620. The molecule has 1 N–H and O–H groups in total. The number of rotatable bonds is 1. The van der Waals surface area contributed by atoms with E-state index in [-0.39, 0.29) is 11.9 Å². The van der Waals surface area contributed by atoms with Crippen molar-refractivity contribution >= 4 is 28.5 Å². The van der Waals surface area contributed by atoms with Crippen LogP contribution in [0.2, 0.25) is 0 Å². The Balaban J connectivity index is 2.16. The van der Waals surface area contributed by atoms with Crippen LogP contribution in [0, 0.1) is 3.57 Å². The summed E-state index contributed by atoms with van der Waals surface area (Å²) in [5.74, 6) is 0.141. The maximum atomic E-state index is 12.4. The summed E-state index contributed by atoms with van der Waals surface area (Å²) in [5.41, 5.74) is 0.784. The standard InChI is InChI=1S/C13H17IN2O/c1-9-10(2)16(8-7-15-9)13(17)11-3-5-12(14)6-4-11/h3-6,9-10,15H,7-8H2,1-2H3. The second-order valence-electron chi connectivity index (χ2n) is 4.49. The maximum absolute atomic E-state index is 12.4. The van der Waals surface area contributed by atoms with Crippen molar-refractivity contribution in [2.24, 2.45) is 0 Å². The molecule has 0 saturated carbocycles. The van der Waals surface area contributed by atoms with Crippen LogP contribution in [0.4, 0.5) is 0 Å². The monoisotopic (exact) mass is 344 g/mol. The molecule has 1 saturated heterocycles. The number of amides is 1. The van der Waals surface area contributed by atoms with Gasteiger partial charge in [0.15, 0.2) is 0 Å². The molecule has 1 amide bonds. The first-order valence-corrected chi connectivity index (χ1v) is 6.97. The fourth-order valence-corrected chi connectivity index (χ4v) is 2.46. The molecule has 3 nitrogen and oxygen atoms in total. The number of nitrogens with one attached hydrogen (secondary N) is 1. The molecule has 1 heterocycles. The van der Waals surface area contributed by atoms with Gasteiger partial charge in [0.05, 0.1) is 0 Å². The zero-order valence-electron chi connectivity index (χ0n) is 10.1. The van der Waals surface area contributed by atoms with E-state index < -0.39 is 0 Å². The lowest BCUT2D eigenvalue weighted by Gasteiger charge is -2.38. The van der Waals surface area contributed by atoms with Crippen molar-refractivity contribution in [2.75, 3.05) is 13.1 Å². The number of hydrogen-bond acceptors (Lipinski definition) is 2. The largest absolute Gasteiger partial charge is 0.333 e. The Morgan fingerprint density at radius 2 is 2.00 bits per heavy atom. The zero-order valence-corrected chi connectivity index (χ0v) is 12.3. The summed E-state index contributed by atoms with van der Waals surface area (Å²) in [6.45, 7) is 5.89. The zero-order chi connectivity index (χ0) is 12.4. The van der Waals surface area contributed by atoms with E-state index in [9.17, 15) is 4.79 Å². The fourth-order valence-electron chi connectivity index (χ4n) is 2.10. The molecule has 0 aliphatic carbocycles. The molecule has 92 valence electrons. The van der Waals surface area contributed by atoms with Crippen molar-refractivity contribution < 1.29 is 4.79 Å². The summed E-state index contributed by atoms with van der Waals surface area (Å²) < 4.78 is 1.15. The second kappa shape index (κ2) is 5.35. The predicted molar refractivity (Wildman–Crippen MR) is 77.1 cm³/mol. The summed E-state index contributed by atoms with van der Waals surface area (Å²) in [5, 5.41) is 3.38. The number of piperazine rings is 1. The van der Waals surface area contributed by atoms with Crippen LogP contribution in [0.15, 0.2) is 24.3 Å². The SMILES string of the molecule is CC1NCCN(C(=O)c2ccc(I)cc2)C1C. The molecular formula is C13H17IN2O. The van der Waals surface area contributed by atoms with Gasteiger partial charge in [0, 0.05) is 34.3 Å². The summed E-state index contributed by atoms with van der Waals surface area (Å²) in [7, 11) is 0. The molecule has 1 aliphatic heterocycles. The van der Waals surface area contributed by atoms with E-state index in [4.69, 9.17) is 0 Å². The van der Waals surface area contributed by atoms with Crippen LogP contribution in [-0.4, -0.2) is 36.0 Å². The maximum Gasteiger partial charge on any atom is 0.254 e. The Morgan fingerprint density at radius 1 is 1.35 bits per heavy atom. The molecule has 0 aromatic heterocycles. The minimum absolute atomic E-state index is 0.141. The lowest BCUT2D eigenvalue weighted by Crippen LogP contribution is -2.57. The van der Waals surface area contributed by atoms with Gasteiger partial charge in [-0.2, -0.15) is 0 Å². The summed E-state index contributed by atoms with van der Waals surface area (Å²) in [6, 6.07) is 8.37. The Kier molecular flexibility index (Phi) is 4.04. The fraction of sp³-hybridized carbons (Fsp3) is 0.462. The van der Waals surface area contributed by atoms with Crippen molar-refractivity contribution in [1.82, 2.24) is 10.2 Å². The molecule has 2 atom stereocenters. The van der Waals surface area contributed by atoms with Gasteiger partial charge in [0.2, 0.25) is 0 Å². The van der Waals surface area contributed by atoms with E-state index in [0.717, 1.165) is 22.2 Å². The van der Waals surface area contributed by atoms with Gasteiger partial charge in [-0.25, -0.2) is 0 Å². The lowest BCUT2D eigenvalue weighted by atomic mass is 10.1. The first-order valence-electron chi connectivity index (χ1n) is 5.89. The third kappa shape index (κ3) is 2.80. The van der Waals surface area contributed by atoms with Gasteiger partial charge in [-0.05, 0) is 60.7 Å². The Bertz CT molecular complexity index is 404. The number of benzene rings is 1. The normalized spacial score (nSPS) is 24.8. The average Bonchev–Trinajstić information content (AvgIpc) is 2.33. The van der Waals surface area contributed by atoms with Gasteiger partial charge >= 0.3 is 0 Å². The van der Waals surface area contributed by atoms with Crippen LogP contribution in [0.3, 0.4) is 0 Å². The van der Waals surface area contributed by atoms with Crippen molar-refractivity contribution in [1.29, 1.82) is 0 Å². The van der Waals surface area contributed by atoms with Crippen LogP contribution in [0.25, 0.3) is 0 Å². The molecule has 1 aliphatic rings. The predicted octanol–water partition coefficient (Wildman–Crippen LogP) is 2.11. The average molecular weight is 344 g/mol. The molecule has 1 aromatic rings. The van der Waals surface area contributed by atoms with Gasteiger partial charge in [-0.15, -0.1) is 0 Å². The first-order chi connectivity index (χ1) is 8.09. The van der Waals surface area contributed by atoms with Gasteiger partial charge in [0.1, 0.15) is 0 Å². The van der Waals surface area contributed by atoms with E-state index in [0.29, 0.717) is 6.04 Å². The topological polar surface area (TPSA) is 32.3 Å². The van der Waals surface area contributed by atoms with Crippen LogP contribution < -0.4 is 5.32 Å². The quantitative estimate of drug-likeness (QED) is 0.792. The van der Waals surface area contributed by atoms with Crippen molar-refractivity contribution in [3.63, 3.8) is 0 Å². The molecule has 17 heavy (non-hydrogen) atoms. The Morgan fingerprint density at radius 3 is 2.65 bits per heavy atom. The van der Waals surface area contributed by atoms with Crippen molar-refractivity contribution in [3.05, 3.63) is 33.4 Å². The van der Waals surface area contributed by atoms with Gasteiger partial charge < -0.3 is 10.2 Å². The number of nitrogens with zero attached hydrogens (tertiary/aromatic N) is 1. The molecule has 1 fully saturated rings. The van der Waals surface area contributed by atoms with E-state index >= 15 is 0 Å². The molecule has 2 rings (SSSR count). The number of halogens is 1. The Labute approximate surface area is 116 Å². The second-order valence-corrected chi connectivity index (χ2v) is 5.73. The third-order valence-electron chi connectivity index (χ3n) is 3.39. The molecule has 0 bridgehead atoms. The van der Waals surface area contributed by atoms with E-state index in [1.54, 1.807) is 0 Å². The number of carbonyl (C=O) groups excluding carboxylic acids is 1. The highest BCUT2D eigenvalue weighted by Crippen LogP contribution is 2.15. The van der Waals surface area contributed by atoms with E-state index in [1.807, 2.05) is 29.2 Å². The highest BCUT2D eigenvalue weighted by molar-refractivity contribution is 14.1. The summed E-state index contributed by atoms with van der Waals surface area (Å²) >= 11 is 2.25.